The molecule has 0 bridgehead atoms. The van der Waals surface area contributed by atoms with E-state index in [1.807, 2.05) is 18.2 Å². The maximum Gasteiger partial charge on any atom is 0.208 e. The van der Waals surface area contributed by atoms with Gasteiger partial charge in [0.2, 0.25) is 9.84 Å². The summed E-state index contributed by atoms with van der Waals surface area (Å²) in [4.78, 5) is 0.849. The second-order valence-electron chi connectivity index (χ2n) is 18.9. The fraction of sp³-hybridized carbons (Fsp3) is 0.245. The van der Waals surface area contributed by atoms with Gasteiger partial charge in [0.25, 0.3) is 0 Å². The van der Waals surface area contributed by atoms with E-state index in [1.54, 1.807) is 6.07 Å². The molecule has 0 saturated heterocycles. The smallest absolute Gasteiger partial charge is 0.208 e. The molecule has 3 aliphatic rings. The molecular weight excluding hydrogens is 715 g/mol. The summed E-state index contributed by atoms with van der Waals surface area (Å²) in [7, 11) is -1.58. The number of benzene rings is 6. The van der Waals surface area contributed by atoms with Gasteiger partial charge in [-0.1, -0.05) is 102 Å². The predicted octanol–water partition coefficient (Wildman–Crippen LogP) is 11.1. The molecule has 284 valence electrons. The van der Waals surface area contributed by atoms with Gasteiger partial charge in [-0.25, -0.2) is 8.42 Å². The molecule has 0 unspecified atom stereocenters. The number of nitrogens with zero attached hydrogens (tertiary/aromatic N) is 1. The second-order valence-corrected chi connectivity index (χ2v) is 20.7. The normalized spacial score (nSPS) is 15.4. The van der Waals surface area contributed by atoms with Crippen molar-refractivity contribution in [2.45, 2.75) is 85.0 Å². The summed E-state index contributed by atoms with van der Waals surface area (Å²) in [5.41, 5.74) is 19.3. The number of hydrogen-bond donors (Lipinski definition) is 0. The molecule has 2 aliphatic carbocycles. The van der Waals surface area contributed by atoms with Crippen LogP contribution in [0, 0.1) is 27.7 Å². The third kappa shape index (κ3) is 4.86. The summed E-state index contributed by atoms with van der Waals surface area (Å²) in [6.07, 6.45) is 0. The Hall–Kier alpha value is -5.45. The number of aryl methyl sites for hydroxylation is 5. The van der Waals surface area contributed by atoms with Crippen molar-refractivity contribution < 1.29 is 8.42 Å². The van der Waals surface area contributed by atoms with Crippen LogP contribution in [0.2, 0.25) is 0 Å². The van der Waals surface area contributed by atoms with Gasteiger partial charge in [-0.3, -0.25) is 0 Å². The number of para-hydroxylation sites is 1. The second kappa shape index (κ2) is 11.6. The Morgan fingerprint density at radius 2 is 1.00 bits per heavy atom. The standard InChI is InChI=1S/C53H49NO2S/c1-28-20-34(52(5,6)7)21-29(2)44(28)48-40-26-33-25-39-41(27-32(33)24-38(40)46-36-16-12-14-18-42(36)54(11)50(46)48)49(45-30(3)22-35(23-31(45)4)53(8,9)10)51-47(39)37-17-13-15-19-43(37)57(51,55)56/h12-27H,1-11H3. The Kier molecular flexibility index (Phi) is 7.30. The lowest BCUT2D eigenvalue weighted by Gasteiger charge is -2.23. The van der Waals surface area contributed by atoms with Gasteiger partial charge in [-0.05, 0) is 152 Å². The van der Waals surface area contributed by atoms with Crippen molar-refractivity contribution >= 4 is 48.2 Å². The van der Waals surface area contributed by atoms with Crippen LogP contribution in [0.4, 0.5) is 0 Å². The minimum atomic E-state index is -3.78. The zero-order valence-corrected chi connectivity index (χ0v) is 35.7. The van der Waals surface area contributed by atoms with Crippen LogP contribution in [0.1, 0.15) is 103 Å². The van der Waals surface area contributed by atoms with E-state index in [9.17, 15) is 8.42 Å². The highest BCUT2D eigenvalue weighted by Crippen LogP contribution is 2.52. The van der Waals surface area contributed by atoms with Crippen molar-refractivity contribution in [3.05, 3.63) is 174 Å². The van der Waals surface area contributed by atoms with Gasteiger partial charge in [-0.2, -0.15) is 0 Å². The Balaban J connectivity index is 1.35. The van der Waals surface area contributed by atoms with Crippen molar-refractivity contribution in [1.29, 1.82) is 0 Å². The van der Waals surface area contributed by atoms with Crippen molar-refractivity contribution in [2.75, 3.05) is 0 Å². The first kappa shape index (κ1) is 35.9. The van der Waals surface area contributed by atoms with Crippen molar-refractivity contribution in [2.24, 2.45) is 7.05 Å². The van der Waals surface area contributed by atoms with Gasteiger partial charge in [0.1, 0.15) is 0 Å². The number of allylic oxidation sites excluding steroid dienone is 1. The lowest BCUT2D eigenvalue weighted by atomic mass is 9.82. The Morgan fingerprint density at radius 1 is 0.509 bits per heavy atom. The first-order valence-electron chi connectivity index (χ1n) is 20.2. The third-order valence-corrected chi connectivity index (χ3v) is 14.9. The van der Waals surface area contributed by atoms with Crippen LogP contribution in [0.15, 0.2) is 107 Å². The molecule has 0 N–H and O–H groups in total. The minimum Gasteiger partial charge on any atom is -0.343 e. The van der Waals surface area contributed by atoms with E-state index in [4.69, 9.17) is 0 Å². The summed E-state index contributed by atoms with van der Waals surface area (Å²) in [5.74, 6) is 0. The van der Waals surface area contributed by atoms with Crippen LogP contribution in [-0.2, 0) is 27.7 Å². The number of rotatable bonds is 2. The Labute approximate surface area is 336 Å². The van der Waals surface area contributed by atoms with E-state index >= 15 is 0 Å². The Morgan fingerprint density at radius 3 is 1.58 bits per heavy atom. The third-order valence-electron chi connectivity index (χ3n) is 13.0. The number of sulfone groups is 1. The molecule has 2 heterocycles. The van der Waals surface area contributed by atoms with Gasteiger partial charge in [0.15, 0.2) is 0 Å². The summed E-state index contributed by atoms with van der Waals surface area (Å²) in [5, 5.41) is 5.67. The van der Waals surface area contributed by atoms with Crippen LogP contribution in [0.5, 0.6) is 0 Å². The van der Waals surface area contributed by atoms with Gasteiger partial charge < -0.3 is 4.57 Å². The molecule has 1 aromatic heterocycles. The zero-order valence-electron chi connectivity index (χ0n) is 34.9. The van der Waals surface area contributed by atoms with E-state index in [0.717, 1.165) is 55.0 Å². The number of fused-ring (bicyclic) bond motifs is 10. The summed E-state index contributed by atoms with van der Waals surface area (Å²) < 4.78 is 31.9. The summed E-state index contributed by atoms with van der Waals surface area (Å²) in [6, 6.07) is 34.9. The molecule has 4 heteroatoms. The quantitative estimate of drug-likeness (QED) is 0.176. The van der Waals surface area contributed by atoms with Gasteiger partial charge >= 0.3 is 0 Å². The monoisotopic (exact) mass is 763 g/mol. The number of hydrogen-bond acceptors (Lipinski definition) is 2. The van der Waals surface area contributed by atoms with E-state index in [1.165, 1.54) is 66.3 Å². The highest BCUT2D eigenvalue weighted by Gasteiger charge is 2.43. The molecule has 6 aromatic carbocycles. The Bertz CT molecular complexity index is 3250. The molecular formula is C53H49NO2S. The van der Waals surface area contributed by atoms with Crippen LogP contribution in [0.25, 0.3) is 49.5 Å². The van der Waals surface area contributed by atoms with Crippen molar-refractivity contribution in [1.82, 2.24) is 4.57 Å². The molecule has 0 saturated carbocycles. The lowest BCUT2D eigenvalue weighted by molar-refractivity contribution is 0.589. The minimum absolute atomic E-state index is 0.0367. The summed E-state index contributed by atoms with van der Waals surface area (Å²) in [6.45, 7) is 22.4. The SMILES string of the molecule is Cc1cc(C(C)(C)C)cc(C)c1C1=c2cc3cc4c(cc3cc2C2=C1S(=O)(=O)c1ccccc12)=C(c1c(C)cc(C(C)(C)C)cc1C)c1c-4c2ccccc2n1C. The highest BCUT2D eigenvalue weighted by molar-refractivity contribution is 7.96. The largest absolute Gasteiger partial charge is 0.343 e. The van der Waals surface area contributed by atoms with Crippen LogP contribution in [-0.4, -0.2) is 13.0 Å². The topological polar surface area (TPSA) is 39.1 Å². The fourth-order valence-corrected chi connectivity index (χ4v) is 12.2. The summed E-state index contributed by atoms with van der Waals surface area (Å²) >= 11 is 0. The first-order chi connectivity index (χ1) is 26.9. The molecule has 0 amide bonds. The maximum atomic E-state index is 14.8. The van der Waals surface area contributed by atoms with E-state index in [2.05, 4.69) is 154 Å². The zero-order chi connectivity index (χ0) is 40.2. The highest BCUT2D eigenvalue weighted by atomic mass is 32.2. The molecule has 1 aliphatic heterocycles. The van der Waals surface area contributed by atoms with E-state index < -0.39 is 9.84 Å². The molecule has 0 spiro atoms. The van der Waals surface area contributed by atoms with Crippen LogP contribution < -0.4 is 10.4 Å². The molecule has 57 heavy (non-hydrogen) atoms. The van der Waals surface area contributed by atoms with Crippen molar-refractivity contribution in [3.8, 4) is 11.1 Å². The average Bonchev–Trinajstić information content (AvgIpc) is 3.80. The van der Waals surface area contributed by atoms with Crippen LogP contribution in [0.3, 0.4) is 0 Å². The molecule has 7 aromatic rings. The predicted molar refractivity (Wildman–Crippen MR) is 238 cm³/mol. The first-order valence-corrected chi connectivity index (χ1v) is 21.6. The lowest BCUT2D eigenvalue weighted by Crippen LogP contribution is -2.17. The molecule has 0 radical (unpaired) electrons. The average molecular weight is 764 g/mol. The molecule has 0 fully saturated rings. The number of aromatic nitrogens is 1. The van der Waals surface area contributed by atoms with Gasteiger partial charge in [-0.15, -0.1) is 0 Å². The van der Waals surface area contributed by atoms with Crippen LogP contribution >= 0.6 is 0 Å². The van der Waals surface area contributed by atoms with Gasteiger partial charge in [0.05, 0.1) is 15.5 Å². The fourth-order valence-electron chi connectivity index (χ4n) is 10.3. The molecule has 10 rings (SSSR count). The maximum absolute atomic E-state index is 14.8. The van der Waals surface area contributed by atoms with Crippen molar-refractivity contribution in [3.63, 3.8) is 0 Å². The van der Waals surface area contributed by atoms with E-state index in [0.29, 0.717) is 9.80 Å². The molecule has 3 nitrogen and oxygen atoms in total. The molecule has 0 atom stereocenters. The van der Waals surface area contributed by atoms with E-state index in [-0.39, 0.29) is 10.8 Å². The van der Waals surface area contributed by atoms with Gasteiger partial charge in [0, 0.05) is 45.8 Å².